The molecular weight excluding hydrogens is 397 g/mol. The van der Waals surface area contributed by atoms with Gasteiger partial charge in [0.2, 0.25) is 0 Å². The van der Waals surface area contributed by atoms with Gasteiger partial charge < -0.3 is 0 Å². The van der Waals surface area contributed by atoms with E-state index in [1.165, 1.54) is 0 Å². The smallest absolute Gasteiger partial charge is 0.184 e. The van der Waals surface area contributed by atoms with E-state index in [0.29, 0.717) is 12.3 Å². The first-order chi connectivity index (χ1) is 15.7. The molecule has 0 saturated carbocycles. The van der Waals surface area contributed by atoms with E-state index in [4.69, 9.17) is 5.10 Å². The Balaban J connectivity index is 1.91. The van der Waals surface area contributed by atoms with Crippen molar-refractivity contribution < 1.29 is 4.39 Å². The zero-order valence-corrected chi connectivity index (χ0v) is 18.7. The first kappa shape index (κ1) is 21.9. The average Bonchev–Trinajstić information content (AvgIpc) is 3.36. The Labute approximate surface area is 190 Å². The second-order valence-electron chi connectivity index (χ2n) is 8.24. The van der Waals surface area contributed by atoms with Gasteiger partial charge in [-0.25, -0.2) is 14.1 Å². The normalized spacial score (nSPS) is 12.8. The quantitative estimate of drug-likeness (QED) is 0.270. The van der Waals surface area contributed by atoms with Crippen molar-refractivity contribution in [2.24, 2.45) is 5.92 Å². The van der Waals surface area contributed by atoms with Gasteiger partial charge in [-0.15, -0.1) is 0 Å². The van der Waals surface area contributed by atoms with Crippen molar-refractivity contribution in [1.29, 1.82) is 0 Å². The van der Waals surface area contributed by atoms with Crippen molar-refractivity contribution in [1.82, 2.24) is 14.8 Å². The summed E-state index contributed by atoms with van der Waals surface area (Å²) in [5, 5.41) is 4.76. The van der Waals surface area contributed by atoms with Crippen LogP contribution >= 0.6 is 0 Å². The molecule has 0 aliphatic rings. The van der Waals surface area contributed by atoms with E-state index in [-0.39, 0.29) is 5.82 Å². The first-order valence-electron chi connectivity index (χ1n) is 11.4. The minimum absolute atomic E-state index is 0.254. The molecule has 1 aromatic heterocycles. The number of hydrogen-bond donors (Lipinski definition) is 0. The van der Waals surface area contributed by atoms with Crippen LogP contribution in [0.15, 0.2) is 97.3 Å². The molecule has 3 aromatic carbocycles. The van der Waals surface area contributed by atoms with Gasteiger partial charge in [0, 0.05) is 0 Å². The fraction of sp³-hybridized carbons (Fsp3) is 0.286. The minimum atomic E-state index is -1.18. The number of aromatic nitrogens is 3. The van der Waals surface area contributed by atoms with Crippen molar-refractivity contribution in [3.05, 3.63) is 120 Å². The van der Waals surface area contributed by atoms with Crippen LogP contribution < -0.4 is 0 Å². The highest BCUT2D eigenvalue weighted by atomic mass is 19.1. The Morgan fingerprint density at radius 2 is 1.19 bits per heavy atom. The van der Waals surface area contributed by atoms with E-state index in [1.54, 1.807) is 6.33 Å². The lowest BCUT2D eigenvalue weighted by Gasteiger charge is -2.35. The van der Waals surface area contributed by atoms with E-state index in [0.717, 1.165) is 29.5 Å². The topological polar surface area (TPSA) is 30.7 Å². The molecular formula is C28H30FN3. The van der Waals surface area contributed by atoms with Crippen molar-refractivity contribution in [3.63, 3.8) is 0 Å². The first-order valence-corrected chi connectivity index (χ1v) is 11.4. The molecule has 0 N–H and O–H groups in total. The van der Waals surface area contributed by atoms with E-state index >= 15 is 4.39 Å². The molecule has 4 aromatic rings. The maximum Gasteiger partial charge on any atom is 0.184 e. The van der Waals surface area contributed by atoms with Crippen LogP contribution in [-0.2, 0) is 5.54 Å². The molecule has 4 rings (SSSR count). The second kappa shape index (κ2) is 9.90. The molecule has 164 valence electrons. The number of benzene rings is 3. The fourth-order valence-electron chi connectivity index (χ4n) is 4.54. The van der Waals surface area contributed by atoms with Crippen molar-refractivity contribution in [2.45, 2.75) is 44.8 Å². The molecule has 0 radical (unpaired) electrons. The van der Waals surface area contributed by atoms with E-state index in [2.05, 4.69) is 55.2 Å². The largest absolute Gasteiger partial charge is 0.239 e. The van der Waals surface area contributed by atoms with Gasteiger partial charge in [0.1, 0.15) is 11.9 Å². The number of rotatable bonds is 9. The summed E-state index contributed by atoms with van der Waals surface area (Å²) in [4.78, 5) is 4.46. The summed E-state index contributed by atoms with van der Waals surface area (Å²) in [6, 6.07) is 30.7. The molecule has 3 nitrogen and oxygen atoms in total. The molecule has 1 unspecified atom stereocenters. The zero-order chi connectivity index (χ0) is 22.4. The van der Waals surface area contributed by atoms with Gasteiger partial charge in [0.25, 0.3) is 0 Å². The summed E-state index contributed by atoms with van der Waals surface area (Å²) in [6.45, 7) is 4.22. The highest BCUT2D eigenvalue weighted by Crippen LogP contribution is 2.40. The minimum Gasteiger partial charge on any atom is -0.239 e. The molecule has 0 fully saturated rings. The standard InChI is InChI=1S/C28H30FN3/c1-3-22(4-2)20-26(29)27-30-21-32(31-27)28(23-14-8-5-9-15-23,24-16-10-6-11-17-24)25-18-12-7-13-19-25/h5-19,21-22,26H,3-4,20H2,1-2H3. The predicted molar refractivity (Wildman–Crippen MR) is 127 cm³/mol. The molecule has 1 heterocycles. The lowest BCUT2D eigenvalue weighted by atomic mass is 9.77. The maximum atomic E-state index is 15.2. The van der Waals surface area contributed by atoms with E-state index in [1.807, 2.05) is 59.3 Å². The van der Waals surface area contributed by atoms with Crippen LogP contribution in [0.25, 0.3) is 0 Å². The molecule has 0 spiro atoms. The van der Waals surface area contributed by atoms with Gasteiger partial charge in [-0.2, -0.15) is 5.10 Å². The second-order valence-corrected chi connectivity index (χ2v) is 8.24. The lowest BCUT2D eigenvalue weighted by Crippen LogP contribution is -2.38. The number of alkyl halides is 1. The van der Waals surface area contributed by atoms with Gasteiger partial charge in [-0.05, 0) is 29.0 Å². The summed E-state index contributed by atoms with van der Waals surface area (Å²) in [5.41, 5.74) is 2.38. The van der Waals surface area contributed by atoms with Gasteiger partial charge in [0.15, 0.2) is 12.0 Å². The fourth-order valence-corrected chi connectivity index (χ4v) is 4.54. The average molecular weight is 428 g/mol. The van der Waals surface area contributed by atoms with Crippen LogP contribution in [0.5, 0.6) is 0 Å². The van der Waals surface area contributed by atoms with E-state index in [9.17, 15) is 0 Å². The molecule has 0 aliphatic carbocycles. The van der Waals surface area contributed by atoms with Gasteiger partial charge >= 0.3 is 0 Å². The van der Waals surface area contributed by atoms with Crippen molar-refractivity contribution in [3.8, 4) is 0 Å². The lowest BCUT2D eigenvalue weighted by molar-refractivity contribution is 0.251. The summed E-state index contributed by atoms with van der Waals surface area (Å²) in [5.74, 6) is 0.586. The molecule has 0 bridgehead atoms. The zero-order valence-electron chi connectivity index (χ0n) is 18.7. The van der Waals surface area contributed by atoms with Crippen LogP contribution in [-0.4, -0.2) is 14.8 Å². The Bertz CT molecular complexity index is 993. The van der Waals surface area contributed by atoms with Crippen LogP contribution in [0.2, 0.25) is 0 Å². The van der Waals surface area contributed by atoms with Crippen LogP contribution in [0, 0.1) is 5.92 Å². The van der Waals surface area contributed by atoms with Crippen molar-refractivity contribution >= 4 is 0 Å². The van der Waals surface area contributed by atoms with Crippen molar-refractivity contribution in [2.75, 3.05) is 0 Å². The Kier molecular flexibility index (Phi) is 6.79. The molecule has 0 amide bonds. The molecule has 0 saturated heterocycles. The predicted octanol–water partition coefficient (Wildman–Crippen LogP) is 6.96. The van der Waals surface area contributed by atoms with E-state index < -0.39 is 11.7 Å². The monoisotopic (exact) mass is 427 g/mol. The van der Waals surface area contributed by atoms with Gasteiger partial charge in [-0.1, -0.05) is 118 Å². The van der Waals surface area contributed by atoms with Crippen LogP contribution in [0.1, 0.15) is 61.8 Å². The highest BCUT2D eigenvalue weighted by Gasteiger charge is 2.40. The third kappa shape index (κ3) is 4.10. The highest BCUT2D eigenvalue weighted by molar-refractivity contribution is 5.50. The molecule has 4 heteroatoms. The number of nitrogens with zero attached hydrogens (tertiary/aromatic N) is 3. The molecule has 0 aliphatic heterocycles. The summed E-state index contributed by atoms with van der Waals surface area (Å²) < 4.78 is 17.1. The maximum absolute atomic E-state index is 15.2. The number of hydrogen-bond acceptors (Lipinski definition) is 2. The summed E-state index contributed by atoms with van der Waals surface area (Å²) in [7, 11) is 0. The SMILES string of the molecule is CCC(CC)CC(F)c1ncn(C(c2ccccc2)(c2ccccc2)c2ccccc2)n1. The van der Waals surface area contributed by atoms with Crippen LogP contribution in [0.4, 0.5) is 4.39 Å². The third-order valence-corrected chi connectivity index (χ3v) is 6.40. The van der Waals surface area contributed by atoms with Gasteiger partial charge in [-0.3, -0.25) is 0 Å². The molecule has 1 atom stereocenters. The van der Waals surface area contributed by atoms with Gasteiger partial charge in [0.05, 0.1) is 0 Å². The third-order valence-electron chi connectivity index (χ3n) is 6.40. The summed E-state index contributed by atoms with van der Waals surface area (Å²) >= 11 is 0. The number of halogens is 1. The Morgan fingerprint density at radius 3 is 1.59 bits per heavy atom. The Morgan fingerprint density at radius 1 is 0.750 bits per heavy atom. The summed E-state index contributed by atoms with van der Waals surface area (Å²) in [6.07, 6.45) is 2.87. The molecule has 32 heavy (non-hydrogen) atoms. The Hall–Kier alpha value is -3.27. The van der Waals surface area contributed by atoms with Crippen LogP contribution in [0.3, 0.4) is 0 Å².